The molecule has 0 aliphatic heterocycles. The summed E-state index contributed by atoms with van der Waals surface area (Å²) in [5.41, 5.74) is -1.03. The van der Waals surface area contributed by atoms with Crippen LogP contribution in [0.25, 0.3) is 0 Å². The summed E-state index contributed by atoms with van der Waals surface area (Å²) in [6, 6.07) is 7.41. The second-order valence-electron chi connectivity index (χ2n) is 5.72. The number of ether oxygens (including phenoxy) is 2. The summed E-state index contributed by atoms with van der Waals surface area (Å²) in [5, 5.41) is 12.5. The second kappa shape index (κ2) is 7.31. The van der Waals surface area contributed by atoms with Crippen molar-refractivity contribution in [1.29, 1.82) is 0 Å². The first-order valence-corrected chi connectivity index (χ1v) is 7.09. The van der Waals surface area contributed by atoms with Crippen LogP contribution in [0, 0.1) is 0 Å². The highest BCUT2D eigenvalue weighted by Gasteiger charge is 2.35. The molecule has 0 aliphatic rings. The summed E-state index contributed by atoms with van der Waals surface area (Å²) in [5.74, 6) is 0.370. The molecule has 0 heterocycles. The fourth-order valence-corrected chi connectivity index (χ4v) is 2.39. The molecule has 5 nitrogen and oxygen atoms in total. The molecule has 0 radical (unpaired) electrons. The van der Waals surface area contributed by atoms with Gasteiger partial charge in [-0.1, -0.05) is 12.1 Å². The van der Waals surface area contributed by atoms with Crippen LogP contribution in [-0.4, -0.2) is 35.9 Å². The molecule has 2 unspecified atom stereocenters. The van der Waals surface area contributed by atoms with Crippen molar-refractivity contribution in [3.8, 4) is 11.5 Å². The molecular formula is C16H25NO4. The average Bonchev–Trinajstić information content (AvgIpc) is 2.37. The van der Waals surface area contributed by atoms with Gasteiger partial charge in [0.05, 0.1) is 13.2 Å². The highest BCUT2D eigenvalue weighted by molar-refractivity contribution is 5.78. The Morgan fingerprint density at radius 2 is 1.86 bits per heavy atom. The molecule has 1 aromatic rings. The summed E-state index contributed by atoms with van der Waals surface area (Å²) >= 11 is 0. The summed E-state index contributed by atoms with van der Waals surface area (Å²) in [6.45, 7) is 7.38. The van der Waals surface area contributed by atoms with Crippen molar-refractivity contribution in [3.63, 3.8) is 0 Å². The Labute approximate surface area is 126 Å². The highest BCUT2D eigenvalue weighted by Crippen LogP contribution is 2.28. The Morgan fingerprint density at radius 1 is 1.29 bits per heavy atom. The van der Waals surface area contributed by atoms with Crippen LogP contribution in [0.5, 0.6) is 11.5 Å². The van der Waals surface area contributed by atoms with Crippen molar-refractivity contribution in [2.75, 3.05) is 7.11 Å². The van der Waals surface area contributed by atoms with Gasteiger partial charge in [-0.05, 0) is 39.8 Å². The van der Waals surface area contributed by atoms with E-state index in [1.165, 1.54) is 0 Å². The number of carbonyl (C=O) groups is 1. The fourth-order valence-electron chi connectivity index (χ4n) is 2.39. The molecule has 5 heteroatoms. The zero-order chi connectivity index (χ0) is 16.0. The average molecular weight is 295 g/mol. The van der Waals surface area contributed by atoms with Crippen LogP contribution in [-0.2, 0) is 4.79 Å². The van der Waals surface area contributed by atoms with Crippen LogP contribution in [0.1, 0.15) is 34.1 Å². The minimum atomic E-state index is -1.03. The van der Waals surface area contributed by atoms with Crippen LogP contribution in [0.4, 0.5) is 0 Å². The quantitative estimate of drug-likeness (QED) is 0.772. The zero-order valence-corrected chi connectivity index (χ0v) is 13.3. The van der Waals surface area contributed by atoms with E-state index in [2.05, 4.69) is 5.32 Å². The number of carboxylic acids is 1. The van der Waals surface area contributed by atoms with Gasteiger partial charge >= 0.3 is 5.97 Å². The van der Waals surface area contributed by atoms with Gasteiger partial charge in [0.1, 0.15) is 5.54 Å². The number of hydrogen-bond acceptors (Lipinski definition) is 4. The Balaban J connectivity index is 2.79. The fraction of sp³-hybridized carbons (Fsp3) is 0.562. The lowest BCUT2D eigenvalue weighted by Crippen LogP contribution is -2.54. The van der Waals surface area contributed by atoms with Gasteiger partial charge < -0.3 is 14.6 Å². The van der Waals surface area contributed by atoms with Crippen molar-refractivity contribution in [2.24, 2.45) is 0 Å². The highest BCUT2D eigenvalue weighted by atomic mass is 16.5. The van der Waals surface area contributed by atoms with Gasteiger partial charge in [0.2, 0.25) is 0 Å². The Kier molecular flexibility index (Phi) is 6.03. The number of benzene rings is 1. The van der Waals surface area contributed by atoms with E-state index in [-0.39, 0.29) is 12.1 Å². The molecule has 1 rings (SSSR count). The molecule has 0 spiro atoms. The van der Waals surface area contributed by atoms with Gasteiger partial charge in [-0.15, -0.1) is 0 Å². The SMILES string of the molecule is COc1ccccc1OC(C)CC(C)(NC(C)C)C(=O)O. The van der Waals surface area contributed by atoms with Gasteiger partial charge in [0.25, 0.3) is 0 Å². The second-order valence-corrected chi connectivity index (χ2v) is 5.72. The molecule has 0 aliphatic carbocycles. The Bertz CT molecular complexity index is 475. The van der Waals surface area contributed by atoms with Crippen LogP contribution in [0.15, 0.2) is 24.3 Å². The number of rotatable bonds is 8. The van der Waals surface area contributed by atoms with E-state index in [1.807, 2.05) is 45.0 Å². The van der Waals surface area contributed by atoms with Gasteiger partial charge in [-0.25, -0.2) is 0 Å². The third-order valence-corrected chi connectivity index (χ3v) is 3.17. The molecule has 0 fully saturated rings. The third-order valence-electron chi connectivity index (χ3n) is 3.17. The largest absolute Gasteiger partial charge is 0.493 e. The van der Waals surface area contributed by atoms with E-state index < -0.39 is 11.5 Å². The molecule has 0 amide bonds. The molecule has 0 aromatic heterocycles. The summed E-state index contributed by atoms with van der Waals surface area (Å²) < 4.78 is 11.1. The first kappa shape index (κ1) is 17.3. The molecule has 2 N–H and O–H groups in total. The summed E-state index contributed by atoms with van der Waals surface area (Å²) in [4.78, 5) is 11.5. The maximum atomic E-state index is 11.5. The predicted molar refractivity (Wildman–Crippen MR) is 82.0 cm³/mol. The summed E-state index contributed by atoms with van der Waals surface area (Å²) in [6.07, 6.45) is 0.0760. The molecule has 0 bridgehead atoms. The number of para-hydroxylation sites is 2. The van der Waals surface area contributed by atoms with E-state index in [9.17, 15) is 9.90 Å². The maximum Gasteiger partial charge on any atom is 0.323 e. The number of aliphatic carboxylic acids is 1. The van der Waals surface area contributed by atoms with Gasteiger partial charge in [0, 0.05) is 12.5 Å². The third kappa shape index (κ3) is 4.93. The topological polar surface area (TPSA) is 67.8 Å². The first-order chi connectivity index (χ1) is 9.78. The van der Waals surface area contributed by atoms with E-state index in [1.54, 1.807) is 14.0 Å². The zero-order valence-electron chi connectivity index (χ0n) is 13.3. The smallest absolute Gasteiger partial charge is 0.323 e. The Morgan fingerprint density at radius 3 is 2.33 bits per heavy atom. The number of carboxylic acid groups (broad SMARTS) is 1. The van der Waals surface area contributed by atoms with Crippen molar-refractivity contribution in [1.82, 2.24) is 5.32 Å². The van der Waals surface area contributed by atoms with E-state index in [0.29, 0.717) is 17.9 Å². The molecule has 0 saturated carbocycles. The molecular weight excluding hydrogens is 270 g/mol. The van der Waals surface area contributed by atoms with Crippen molar-refractivity contribution in [2.45, 2.75) is 51.8 Å². The van der Waals surface area contributed by atoms with Gasteiger partial charge in [0.15, 0.2) is 11.5 Å². The van der Waals surface area contributed by atoms with Crippen LogP contribution < -0.4 is 14.8 Å². The van der Waals surface area contributed by atoms with Crippen LogP contribution in [0.3, 0.4) is 0 Å². The molecule has 0 saturated heterocycles. The number of nitrogens with one attached hydrogen (secondary N) is 1. The first-order valence-electron chi connectivity index (χ1n) is 7.09. The van der Waals surface area contributed by atoms with Gasteiger partial charge in [-0.3, -0.25) is 10.1 Å². The maximum absolute atomic E-state index is 11.5. The summed E-state index contributed by atoms with van der Waals surface area (Å²) in [7, 11) is 1.58. The lowest BCUT2D eigenvalue weighted by molar-refractivity contribution is -0.145. The monoisotopic (exact) mass is 295 g/mol. The lowest BCUT2D eigenvalue weighted by atomic mass is 9.94. The Hall–Kier alpha value is -1.75. The predicted octanol–water partition coefficient (Wildman–Crippen LogP) is 2.69. The molecule has 2 atom stereocenters. The van der Waals surface area contributed by atoms with Gasteiger partial charge in [-0.2, -0.15) is 0 Å². The minimum absolute atomic E-state index is 0.0737. The molecule has 21 heavy (non-hydrogen) atoms. The number of methoxy groups -OCH3 is 1. The van der Waals surface area contributed by atoms with E-state index >= 15 is 0 Å². The number of hydrogen-bond donors (Lipinski definition) is 2. The standard InChI is InChI=1S/C16H25NO4/c1-11(2)17-16(4,15(18)19)10-12(3)21-14-9-7-6-8-13(14)20-5/h6-9,11-12,17H,10H2,1-5H3,(H,18,19). The molecule has 1 aromatic carbocycles. The van der Waals surface area contributed by atoms with Crippen molar-refractivity contribution < 1.29 is 19.4 Å². The molecule has 118 valence electrons. The van der Waals surface area contributed by atoms with E-state index in [4.69, 9.17) is 9.47 Å². The normalized spacial score (nSPS) is 15.3. The van der Waals surface area contributed by atoms with Crippen LogP contribution >= 0.6 is 0 Å². The lowest BCUT2D eigenvalue weighted by Gasteiger charge is -2.31. The van der Waals surface area contributed by atoms with Crippen molar-refractivity contribution >= 4 is 5.97 Å². The van der Waals surface area contributed by atoms with E-state index in [0.717, 1.165) is 0 Å². The minimum Gasteiger partial charge on any atom is -0.493 e. The van der Waals surface area contributed by atoms with Crippen molar-refractivity contribution in [3.05, 3.63) is 24.3 Å². The van der Waals surface area contributed by atoms with Crippen LogP contribution in [0.2, 0.25) is 0 Å².